The Labute approximate surface area is 96.8 Å². The average Bonchev–Trinajstić information content (AvgIpc) is 2.30. The lowest BCUT2D eigenvalue weighted by Gasteiger charge is -2.02. The highest BCUT2D eigenvalue weighted by atomic mass is 32.2. The van der Waals surface area contributed by atoms with E-state index in [0.29, 0.717) is 11.4 Å². The van der Waals surface area contributed by atoms with Gasteiger partial charge in [0.05, 0.1) is 16.6 Å². The summed E-state index contributed by atoms with van der Waals surface area (Å²) >= 11 is 0. The van der Waals surface area contributed by atoms with E-state index in [0.717, 1.165) is 10.5 Å². The van der Waals surface area contributed by atoms with E-state index >= 15 is 0 Å². The van der Waals surface area contributed by atoms with Crippen molar-refractivity contribution in [2.45, 2.75) is 10.6 Å². The van der Waals surface area contributed by atoms with Crippen molar-refractivity contribution in [3.05, 3.63) is 54.4 Å². The molecule has 16 heavy (non-hydrogen) atoms. The molecule has 1 atom stereocenters. The zero-order chi connectivity index (χ0) is 11.4. The van der Waals surface area contributed by atoms with Gasteiger partial charge in [-0.05, 0) is 29.8 Å². The van der Waals surface area contributed by atoms with Gasteiger partial charge in [-0.25, -0.2) is 0 Å². The highest BCUT2D eigenvalue weighted by molar-refractivity contribution is 7.84. The summed E-state index contributed by atoms with van der Waals surface area (Å²) in [5, 5.41) is 0. The molecule has 4 heteroatoms. The van der Waals surface area contributed by atoms with Crippen LogP contribution in [0, 0.1) is 0 Å². The predicted molar refractivity (Wildman–Crippen MR) is 65.2 cm³/mol. The molecule has 0 aliphatic heterocycles. The Morgan fingerprint density at radius 3 is 2.81 bits per heavy atom. The third kappa shape index (κ3) is 2.67. The number of aromatic nitrogens is 1. The molecule has 0 radical (unpaired) electrons. The van der Waals surface area contributed by atoms with E-state index in [2.05, 4.69) is 4.98 Å². The molecule has 2 N–H and O–H groups in total. The Balaban J connectivity index is 2.15. The van der Waals surface area contributed by atoms with Gasteiger partial charge in [-0.1, -0.05) is 12.1 Å². The summed E-state index contributed by atoms with van der Waals surface area (Å²) in [5.41, 5.74) is 7.24. The summed E-state index contributed by atoms with van der Waals surface area (Å²) in [6, 6.07) is 10.9. The zero-order valence-electron chi connectivity index (χ0n) is 8.67. The van der Waals surface area contributed by atoms with Gasteiger partial charge in [0.1, 0.15) is 0 Å². The van der Waals surface area contributed by atoms with E-state index < -0.39 is 10.8 Å². The highest BCUT2D eigenvalue weighted by Crippen LogP contribution is 2.14. The number of nitrogen functional groups attached to an aromatic ring is 1. The molecule has 0 bridgehead atoms. The average molecular weight is 232 g/mol. The maximum absolute atomic E-state index is 12.0. The lowest BCUT2D eigenvalue weighted by molar-refractivity contribution is 0.682. The Morgan fingerprint density at radius 2 is 2.12 bits per heavy atom. The van der Waals surface area contributed by atoms with Crippen LogP contribution in [0.4, 0.5) is 5.69 Å². The first-order valence-electron chi connectivity index (χ1n) is 4.88. The number of anilines is 1. The van der Waals surface area contributed by atoms with Crippen molar-refractivity contribution in [2.75, 3.05) is 5.73 Å². The second-order valence-electron chi connectivity index (χ2n) is 3.42. The molecule has 0 aliphatic carbocycles. The first-order valence-corrected chi connectivity index (χ1v) is 6.20. The van der Waals surface area contributed by atoms with Gasteiger partial charge in [0.15, 0.2) is 0 Å². The maximum atomic E-state index is 12.0. The maximum Gasteiger partial charge on any atom is 0.0575 e. The molecule has 2 rings (SSSR count). The minimum Gasteiger partial charge on any atom is -0.399 e. The van der Waals surface area contributed by atoms with Gasteiger partial charge in [-0.3, -0.25) is 9.19 Å². The van der Waals surface area contributed by atoms with Crippen LogP contribution in [-0.4, -0.2) is 9.19 Å². The number of nitrogens with two attached hydrogens (primary N) is 1. The van der Waals surface area contributed by atoms with E-state index in [1.807, 2.05) is 24.3 Å². The van der Waals surface area contributed by atoms with Gasteiger partial charge in [-0.2, -0.15) is 0 Å². The summed E-state index contributed by atoms with van der Waals surface area (Å²) in [6.45, 7) is 0. The van der Waals surface area contributed by atoms with E-state index in [-0.39, 0.29) is 0 Å². The van der Waals surface area contributed by atoms with Crippen molar-refractivity contribution in [1.29, 1.82) is 0 Å². The molecule has 0 fully saturated rings. The smallest absolute Gasteiger partial charge is 0.0575 e. The molecule has 1 heterocycles. The third-order valence-corrected chi connectivity index (χ3v) is 3.52. The summed E-state index contributed by atoms with van der Waals surface area (Å²) in [5.74, 6) is 0.470. The van der Waals surface area contributed by atoms with Gasteiger partial charge < -0.3 is 5.73 Å². The first kappa shape index (κ1) is 10.8. The summed E-state index contributed by atoms with van der Waals surface area (Å²) in [4.78, 5) is 4.74. The van der Waals surface area contributed by atoms with Gasteiger partial charge >= 0.3 is 0 Å². The Morgan fingerprint density at radius 1 is 1.25 bits per heavy atom. The van der Waals surface area contributed by atoms with Crippen molar-refractivity contribution in [2.24, 2.45) is 0 Å². The molecule has 2 aromatic rings. The number of benzene rings is 1. The summed E-state index contributed by atoms with van der Waals surface area (Å²) < 4.78 is 12.0. The molecular weight excluding hydrogens is 220 g/mol. The molecule has 0 saturated heterocycles. The molecule has 0 aliphatic rings. The Kier molecular flexibility index (Phi) is 3.31. The Bertz CT molecular complexity index is 499. The van der Waals surface area contributed by atoms with Crippen molar-refractivity contribution in [3.63, 3.8) is 0 Å². The molecule has 0 saturated carbocycles. The van der Waals surface area contributed by atoms with Crippen LogP contribution in [0.3, 0.4) is 0 Å². The fourth-order valence-electron chi connectivity index (χ4n) is 1.37. The zero-order valence-corrected chi connectivity index (χ0v) is 9.48. The molecule has 1 unspecified atom stereocenters. The van der Waals surface area contributed by atoms with Gasteiger partial charge in [-0.15, -0.1) is 0 Å². The number of pyridine rings is 1. The second kappa shape index (κ2) is 4.90. The second-order valence-corrected chi connectivity index (χ2v) is 4.87. The lowest BCUT2D eigenvalue weighted by Crippen LogP contribution is -1.97. The Hall–Kier alpha value is -1.68. The van der Waals surface area contributed by atoms with Crippen LogP contribution < -0.4 is 5.73 Å². The fraction of sp³-hybridized carbons (Fsp3) is 0.0833. The van der Waals surface area contributed by atoms with Crippen LogP contribution in [-0.2, 0) is 16.6 Å². The highest BCUT2D eigenvalue weighted by Gasteiger charge is 2.05. The van der Waals surface area contributed by atoms with E-state index in [4.69, 9.17) is 5.73 Å². The monoisotopic (exact) mass is 232 g/mol. The van der Waals surface area contributed by atoms with Gasteiger partial charge in [0.25, 0.3) is 0 Å². The molecular formula is C12H12N2OS. The largest absolute Gasteiger partial charge is 0.399 e. The van der Waals surface area contributed by atoms with Gasteiger partial charge in [0.2, 0.25) is 0 Å². The van der Waals surface area contributed by atoms with Crippen LogP contribution >= 0.6 is 0 Å². The minimum atomic E-state index is -1.06. The number of rotatable bonds is 3. The fourth-order valence-corrected chi connectivity index (χ4v) is 2.51. The van der Waals surface area contributed by atoms with Crippen molar-refractivity contribution in [3.8, 4) is 0 Å². The number of hydrogen-bond donors (Lipinski definition) is 1. The molecule has 0 spiro atoms. The van der Waals surface area contributed by atoms with E-state index in [9.17, 15) is 4.21 Å². The molecule has 0 amide bonds. The lowest BCUT2D eigenvalue weighted by atomic mass is 10.3. The normalized spacial score (nSPS) is 12.2. The minimum absolute atomic E-state index is 0.470. The number of hydrogen-bond acceptors (Lipinski definition) is 3. The standard InChI is InChI=1S/C12H12N2OS/c13-11-4-1-5-12(7-11)16(15)9-10-3-2-6-14-8-10/h1-8H,9,13H2. The third-order valence-electron chi connectivity index (χ3n) is 2.14. The molecule has 1 aromatic carbocycles. The van der Waals surface area contributed by atoms with Crippen LogP contribution in [0.5, 0.6) is 0 Å². The summed E-state index contributed by atoms with van der Waals surface area (Å²) in [6.07, 6.45) is 3.43. The SMILES string of the molecule is Nc1cccc(S(=O)Cc2cccnc2)c1. The quantitative estimate of drug-likeness (QED) is 0.823. The van der Waals surface area contributed by atoms with Crippen molar-refractivity contribution >= 4 is 16.5 Å². The van der Waals surface area contributed by atoms with Gasteiger partial charge in [0, 0.05) is 23.0 Å². The van der Waals surface area contributed by atoms with Crippen molar-refractivity contribution in [1.82, 2.24) is 4.98 Å². The van der Waals surface area contributed by atoms with E-state index in [1.54, 1.807) is 24.5 Å². The first-order chi connectivity index (χ1) is 7.75. The topological polar surface area (TPSA) is 56.0 Å². The predicted octanol–water partition coefficient (Wildman–Crippen LogP) is 1.97. The molecule has 3 nitrogen and oxygen atoms in total. The van der Waals surface area contributed by atoms with Crippen LogP contribution in [0.2, 0.25) is 0 Å². The van der Waals surface area contributed by atoms with Crippen LogP contribution in [0.15, 0.2) is 53.7 Å². The van der Waals surface area contributed by atoms with Crippen molar-refractivity contribution < 1.29 is 4.21 Å². The summed E-state index contributed by atoms with van der Waals surface area (Å²) in [7, 11) is -1.06. The van der Waals surface area contributed by atoms with Crippen LogP contribution in [0.25, 0.3) is 0 Å². The molecule has 82 valence electrons. The molecule has 1 aromatic heterocycles. The number of nitrogens with zero attached hydrogens (tertiary/aromatic N) is 1. The van der Waals surface area contributed by atoms with E-state index in [1.165, 1.54) is 0 Å². The van der Waals surface area contributed by atoms with Crippen LogP contribution in [0.1, 0.15) is 5.56 Å².